The Bertz CT molecular complexity index is 788. The van der Waals surface area contributed by atoms with Gasteiger partial charge in [-0.25, -0.2) is 4.98 Å². The number of benzene rings is 1. The van der Waals surface area contributed by atoms with E-state index in [2.05, 4.69) is 15.6 Å². The molecule has 2 heterocycles. The quantitative estimate of drug-likeness (QED) is 0.830. The van der Waals surface area contributed by atoms with E-state index in [1.54, 1.807) is 49.6 Å². The highest BCUT2D eigenvalue weighted by Crippen LogP contribution is 2.17. The minimum Gasteiger partial charge on any atom is -0.497 e. The van der Waals surface area contributed by atoms with E-state index in [1.807, 2.05) is 0 Å². The summed E-state index contributed by atoms with van der Waals surface area (Å²) in [5.41, 5.74) is 0.947. The third kappa shape index (κ3) is 4.58. The molecule has 1 aromatic heterocycles. The number of nitrogens with zero attached hydrogens (tertiary/aromatic N) is 1. The van der Waals surface area contributed by atoms with Crippen molar-refractivity contribution in [2.75, 3.05) is 25.6 Å². The molecule has 0 spiro atoms. The lowest BCUT2D eigenvalue weighted by Crippen LogP contribution is -2.32. The summed E-state index contributed by atoms with van der Waals surface area (Å²) in [7, 11) is 1.56. The summed E-state index contributed by atoms with van der Waals surface area (Å²) in [6.07, 6.45) is 2.01. The largest absolute Gasteiger partial charge is 0.497 e. The Kier molecular flexibility index (Phi) is 5.80. The van der Waals surface area contributed by atoms with E-state index in [9.17, 15) is 9.59 Å². The molecule has 1 aliphatic heterocycles. The zero-order valence-corrected chi connectivity index (χ0v) is 14.5. The average Bonchev–Trinajstić information content (AvgIpc) is 3.20. The number of nitrogens with one attached hydrogen (secondary N) is 2. The van der Waals surface area contributed by atoms with Crippen LogP contribution in [-0.2, 0) is 4.74 Å². The lowest BCUT2D eigenvalue weighted by atomic mass is 10.2. The predicted octanol–water partition coefficient (Wildman–Crippen LogP) is 2.25. The van der Waals surface area contributed by atoms with Gasteiger partial charge in [0.1, 0.15) is 17.1 Å². The average molecular weight is 355 g/mol. The smallest absolute Gasteiger partial charge is 0.274 e. The second-order valence-corrected chi connectivity index (χ2v) is 5.94. The number of carbonyl (C=O) groups is 2. The number of anilines is 1. The van der Waals surface area contributed by atoms with Crippen molar-refractivity contribution in [2.45, 2.75) is 18.9 Å². The molecular formula is C19H21N3O4. The Hall–Kier alpha value is -2.93. The first-order valence-electron chi connectivity index (χ1n) is 8.48. The fourth-order valence-corrected chi connectivity index (χ4v) is 2.69. The number of carbonyl (C=O) groups excluding carboxylic acids is 2. The number of rotatable bonds is 6. The van der Waals surface area contributed by atoms with Gasteiger partial charge in [0, 0.05) is 24.9 Å². The molecule has 2 N–H and O–H groups in total. The number of hydrogen-bond acceptors (Lipinski definition) is 5. The van der Waals surface area contributed by atoms with E-state index in [-0.39, 0.29) is 23.4 Å². The van der Waals surface area contributed by atoms with Gasteiger partial charge >= 0.3 is 0 Å². The molecule has 26 heavy (non-hydrogen) atoms. The van der Waals surface area contributed by atoms with Crippen LogP contribution in [0.25, 0.3) is 0 Å². The highest BCUT2D eigenvalue weighted by Gasteiger charge is 2.18. The molecule has 1 fully saturated rings. The number of hydrogen-bond donors (Lipinski definition) is 2. The molecular weight excluding hydrogens is 334 g/mol. The van der Waals surface area contributed by atoms with Gasteiger partial charge in [-0.3, -0.25) is 9.59 Å². The van der Waals surface area contributed by atoms with Gasteiger partial charge in [-0.05, 0) is 37.1 Å². The maximum Gasteiger partial charge on any atom is 0.274 e. The molecule has 1 saturated heterocycles. The van der Waals surface area contributed by atoms with Crippen molar-refractivity contribution in [1.82, 2.24) is 10.3 Å². The topological polar surface area (TPSA) is 89.5 Å². The van der Waals surface area contributed by atoms with Crippen molar-refractivity contribution >= 4 is 17.5 Å². The second kappa shape index (κ2) is 8.44. The molecule has 136 valence electrons. The number of methoxy groups -OCH3 is 1. The van der Waals surface area contributed by atoms with Crippen LogP contribution in [0.3, 0.4) is 0 Å². The van der Waals surface area contributed by atoms with Crippen LogP contribution in [0.1, 0.15) is 33.8 Å². The van der Waals surface area contributed by atoms with E-state index in [4.69, 9.17) is 9.47 Å². The van der Waals surface area contributed by atoms with Gasteiger partial charge in [0.05, 0.1) is 13.2 Å². The van der Waals surface area contributed by atoms with Crippen LogP contribution < -0.4 is 15.4 Å². The first-order valence-corrected chi connectivity index (χ1v) is 8.48. The zero-order valence-electron chi connectivity index (χ0n) is 14.5. The summed E-state index contributed by atoms with van der Waals surface area (Å²) in [4.78, 5) is 28.8. The Morgan fingerprint density at radius 2 is 1.96 bits per heavy atom. The predicted molar refractivity (Wildman–Crippen MR) is 96.5 cm³/mol. The molecule has 7 nitrogen and oxygen atoms in total. The molecule has 1 aromatic carbocycles. The van der Waals surface area contributed by atoms with Gasteiger partial charge in [0.2, 0.25) is 0 Å². The molecule has 2 aromatic rings. The second-order valence-electron chi connectivity index (χ2n) is 5.94. The lowest BCUT2D eigenvalue weighted by molar-refractivity contribution is 0.0853. The van der Waals surface area contributed by atoms with Crippen molar-refractivity contribution in [3.05, 3.63) is 53.9 Å². The summed E-state index contributed by atoms with van der Waals surface area (Å²) >= 11 is 0. The van der Waals surface area contributed by atoms with Crippen LogP contribution in [0.4, 0.5) is 5.69 Å². The van der Waals surface area contributed by atoms with Gasteiger partial charge in [-0.1, -0.05) is 12.1 Å². The summed E-state index contributed by atoms with van der Waals surface area (Å²) < 4.78 is 10.6. The molecule has 0 bridgehead atoms. The minimum absolute atomic E-state index is 0.0542. The van der Waals surface area contributed by atoms with Crippen molar-refractivity contribution in [3.8, 4) is 5.75 Å². The molecule has 1 atom stereocenters. The maximum atomic E-state index is 12.4. The normalized spacial score (nSPS) is 16.1. The monoisotopic (exact) mass is 355 g/mol. The molecule has 0 radical (unpaired) electrons. The van der Waals surface area contributed by atoms with Gasteiger partial charge in [-0.2, -0.15) is 0 Å². The van der Waals surface area contributed by atoms with E-state index >= 15 is 0 Å². The number of aromatic nitrogens is 1. The van der Waals surface area contributed by atoms with E-state index in [0.29, 0.717) is 18.0 Å². The Balaban J connectivity index is 1.63. The third-order valence-corrected chi connectivity index (χ3v) is 4.06. The van der Waals surface area contributed by atoms with Crippen LogP contribution in [0.2, 0.25) is 0 Å². The minimum atomic E-state index is -0.396. The molecule has 0 saturated carbocycles. The van der Waals surface area contributed by atoms with Gasteiger partial charge in [0.15, 0.2) is 0 Å². The van der Waals surface area contributed by atoms with Crippen molar-refractivity contribution < 1.29 is 19.1 Å². The maximum absolute atomic E-state index is 12.4. The third-order valence-electron chi connectivity index (χ3n) is 4.06. The molecule has 0 aliphatic carbocycles. The molecule has 1 unspecified atom stereocenters. The molecule has 7 heteroatoms. The summed E-state index contributed by atoms with van der Waals surface area (Å²) in [5, 5.41) is 5.54. The SMILES string of the molecule is COc1cccc(NC(=O)c2cccc(C(=O)NCC3CCCO3)n2)c1. The van der Waals surface area contributed by atoms with Crippen LogP contribution in [-0.4, -0.2) is 43.2 Å². The van der Waals surface area contributed by atoms with Gasteiger partial charge < -0.3 is 20.1 Å². The number of ether oxygens (including phenoxy) is 2. The van der Waals surface area contributed by atoms with Crippen molar-refractivity contribution in [1.29, 1.82) is 0 Å². The molecule has 2 amide bonds. The first kappa shape index (κ1) is 17.9. The standard InChI is InChI=1S/C19H21N3O4/c1-25-14-6-2-5-13(11-14)21-19(24)17-9-3-8-16(22-17)18(23)20-12-15-7-4-10-26-15/h2-3,5-6,8-9,11,15H,4,7,10,12H2,1H3,(H,20,23)(H,21,24). The van der Waals surface area contributed by atoms with Gasteiger partial charge in [-0.15, -0.1) is 0 Å². The molecule has 3 rings (SSSR count). The number of amides is 2. The highest BCUT2D eigenvalue weighted by atomic mass is 16.5. The highest BCUT2D eigenvalue weighted by molar-refractivity contribution is 6.03. The zero-order chi connectivity index (χ0) is 18.4. The van der Waals surface area contributed by atoms with Crippen LogP contribution in [0.5, 0.6) is 5.75 Å². The van der Waals surface area contributed by atoms with E-state index < -0.39 is 5.91 Å². The lowest BCUT2D eigenvalue weighted by Gasteiger charge is -2.11. The van der Waals surface area contributed by atoms with Crippen molar-refractivity contribution in [3.63, 3.8) is 0 Å². The van der Waals surface area contributed by atoms with E-state index in [0.717, 1.165) is 19.4 Å². The first-order chi connectivity index (χ1) is 12.7. The molecule has 1 aliphatic rings. The summed E-state index contributed by atoms with van der Waals surface area (Å²) in [6.45, 7) is 1.18. The van der Waals surface area contributed by atoms with Crippen molar-refractivity contribution in [2.24, 2.45) is 0 Å². The van der Waals surface area contributed by atoms with Crippen LogP contribution in [0, 0.1) is 0 Å². The summed E-state index contributed by atoms with van der Waals surface area (Å²) in [5.74, 6) is -0.0819. The Labute approximate surface area is 151 Å². The van der Waals surface area contributed by atoms with Gasteiger partial charge in [0.25, 0.3) is 11.8 Å². The Morgan fingerprint density at radius 3 is 2.69 bits per heavy atom. The van der Waals surface area contributed by atoms with E-state index in [1.165, 1.54) is 0 Å². The fraction of sp³-hybridized carbons (Fsp3) is 0.316. The van der Waals surface area contributed by atoms with Crippen LogP contribution >= 0.6 is 0 Å². The van der Waals surface area contributed by atoms with Crippen LogP contribution in [0.15, 0.2) is 42.5 Å². The Morgan fingerprint density at radius 1 is 1.19 bits per heavy atom. The summed E-state index contributed by atoms with van der Waals surface area (Å²) in [6, 6.07) is 11.8. The fourth-order valence-electron chi connectivity index (χ4n) is 2.69. The number of pyridine rings is 1.